The predicted molar refractivity (Wildman–Crippen MR) is 81.3 cm³/mol. The van der Waals surface area contributed by atoms with Crippen LogP contribution >= 0.6 is 0 Å². The van der Waals surface area contributed by atoms with Crippen LogP contribution in [0.3, 0.4) is 0 Å². The van der Waals surface area contributed by atoms with Crippen LogP contribution in [0.25, 0.3) is 0 Å². The molecule has 0 amide bonds. The monoisotopic (exact) mass is 293 g/mol. The molecule has 0 spiro atoms. The van der Waals surface area contributed by atoms with Crippen molar-refractivity contribution in [2.24, 2.45) is 0 Å². The molecule has 116 valence electrons. The molecular formula is C15H23N3O3. The second kappa shape index (κ2) is 6.76. The molecule has 1 aliphatic rings. The molecule has 1 heterocycles. The highest BCUT2D eigenvalue weighted by Gasteiger charge is 2.29. The number of aromatic nitrogens is 1. The Labute approximate surface area is 124 Å². The summed E-state index contributed by atoms with van der Waals surface area (Å²) in [5, 5.41) is 10.2. The van der Waals surface area contributed by atoms with Crippen LogP contribution in [0.2, 0.25) is 0 Å². The number of nitrogens with zero attached hydrogens (tertiary/aromatic N) is 2. The molecule has 6 nitrogen and oxygen atoms in total. The van der Waals surface area contributed by atoms with Gasteiger partial charge in [0.25, 0.3) is 0 Å². The quantitative estimate of drug-likeness (QED) is 0.819. The SMILES string of the molecule is CCOC(=O)c1ccnc(N(C)C2CCCCC2O)c1N. The molecule has 3 N–H and O–H groups in total. The smallest absolute Gasteiger partial charge is 0.340 e. The Morgan fingerprint density at radius 2 is 2.24 bits per heavy atom. The maximum Gasteiger partial charge on any atom is 0.340 e. The first-order valence-electron chi connectivity index (χ1n) is 7.38. The van der Waals surface area contributed by atoms with Crippen molar-refractivity contribution in [1.82, 2.24) is 4.98 Å². The first kappa shape index (κ1) is 15.6. The van der Waals surface area contributed by atoms with Gasteiger partial charge in [-0.3, -0.25) is 0 Å². The van der Waals surface area contributed by atoms with Gasteiger partial charge in [0.15, 0.2) is 5.82 Å². The Bertz CT molecular complexity index is 507. The number of nitrogen functional groups attached to an aromatic ring is 1. The lowest BCUT2D eigenvalue weighted by Crippen LogP contribution is -2.44. The zero-order valence-corrected chi connectivity index (χ0v) is 12.6. The third-order valence-electron chi connectivity index (χ3n) is 3.99. The second-order valence-corrected chi connectivity index (χ2v) is 5.35. The average molecular weight is 293 g/mol. The summed E-state index contributed by atoms with van der Waals surface area (Å²) >= 11 is 0. The zero-order valence-electron chi connectivity index (χ0n) is 12.6. The lowest BCUT2D eigenvalue weighted by atomic mass is 9.91. The summed E-state index contributed by atoms with van der Waals surface area (Å²) in [6.07, 6.45) is 4.94. The third-order valence-corrected chi connectivity index (χ3v) is 3.99. The minimum absolute atomic E-state index is 0.0222. The minimum Gasteiger partial charge on any atom is -0.462 e. The Hall–Kier alpha value is -1.82. The molecule has 1 aromatic heterocycles. The number of rotatable bonds is 4. The first-order chi connectivity index (χ1) is 10.1. The molecular weight excluding hydrogens is 270 g/mol. The molecule has 21 heavy (non-hydrogen) atoms. The largest absolute Gasteiger partial charge is 0.462 e. The van der Waals surface area contributed by atoms with Crippen LogP contribution < -0.4 is 10.6 Å². The van der Waals surface area contributed by atoms with Gasteiger partial charge < -0.3 is 20.5 Å². The topological polar surface area (TPSA) is 88.7 Å². The Morgan fingerprint density at radius 1 is 1.52 bits per heavy atom. The molecule has 1 fully saturated rings. The lowest BCUT2D eigenvalue weighted by molar-refractivity contribution is 0.0527. The van der Waals surface area contributed by atoms with Gasteiger partial charge in [0.05, 0.1) is 30.0 Å². The highest BCUT2D eigenvalue weighted by Crippen LogP contribution is 2.30. The summed E-state index contributed by atoms with van der Waals surface area (Å²) in [5.74, 6) is 0.0720. The van der Waals surface area contributed by atoms with Crippen molar-refractivity contribution in [2.45, 2.75) is 44.8 Å². The van der Waals surface area contributed by atoms with Gasteiger partial charge in [0.2, 0.25) is 0 Å². The van der Waals surface area contributed by atoms with E-state index in [9.17, 15) is 9.90 Å². The normalized spacial score (nSPS) is 21.9. The fourth-order valence-electron chi connectivity index (χ4n) is 2.83. The average Bonchev–Trinajstić information content (AvgIpc) is 2.47. The number of nitrogens with two attached hydrogens (primary N) is 1. The van der Waals surface area contributed by atoms with E-state index in [-0.39, 0.29) is 6.04 Å². The maximum atomic E-state index is 11.9. The van der Waals surface area contributed by atoms with E-state index < -0.39 is 12.1 Å². The van der Waals surface area contributed by atoms with Gasteiger partial charge in [-0.1, -0.05) is 12.8 Å². The number of pyridine rings is 1. The van der Waals surface area contributed by atoms with Crippen molar-refractivity contribution in [1.29, 1.82) is 0 Å². The summed E-state index contributed by atoms with van der Waals surface area (Å²) in [5.41, 5.74) is 6.70. The van der Waals surface area contributed by atoms with E-state index >= 15 is 0 Å². The summed E-state index contributed by atoms with van der Waals surface area (Å²) in [6, 6.07) is 1.54. The van der Waals surface area contributed by atoms with Gasteiger partial charge in [-0.25, -0.2) is 9.78 Å². The van der Waals surface area contributed by atoms with Crippen LogP contribution in [0, 0.1) is 0 Å². The first-order valence-corrected chi connectivity index (χ1v) is 7.38. The fraction of sp³-hybridized carbons (Fsp3) is 0.600. The molecule has 0 bridgehead atoms. The van der Waals surface area contributed by atoms with Crippen molar-refractivity contribution in [2.75, 3.05) is 24.3 Å². The Kier molecular flexibility index (Phi) is 5.01. The van der Waals surface area contributed by atoms with E-state index in [1.807, 2.05) is 11.9 Å². The van der Waals surface area contributed by atoms with Gasteiger partial charge in [-0.15, -0.1) is 0 Å². The van der Waals surface area contributed by atoms with Crippen LogP contribution in [-0.2, 0) is 4.74 Å². The van der Waals surface area contributed by atoms with E-state index in [0.29, 0.717) is 23.7 Å². The maximum absolute atomic E-state index is 11.9. The van der Waals surface area contributed by atoms with Gasteiger partial charge in [-0.2, -0.15) is 0 Å². The van der Waals surface area contributed by atoms with Crippen molar-refractivity contribution < 1.29 is 14.6 Å². The van der Waals surface area contributed by atoms with Gasteiger partial charge in [0, 0.05) is 13.2 Å². The highest BCUT2D eigenvalue weighted by molar-refractivity contribution is 5.97. The zero-order chi connectivity index (χ0) is 15.4. The van der Waals surface area contributed by atoms with Gasteiger partial charge in [-0.05, 0) is 25.8 Å². The number of hydrogen-bond acceptors (Lipinski definition) is 6. The standard InChI is InChI=1S/C15H23N3O3/c1-3-21-15(20)10-8-9-17-14(13(10)16)18(2)11-6-4-5-7-12(11)19/h8-9,11-12,19H,3-7,16H2,1-2H3. The van der Waals surface area contributed by atoms with E-state index in [4.69, 9.17) is 10.5 Å². The third kappa shape index (κ3) is 3.26. The van der Waals surface area contributed by atoms with Crippen LogP contribution in [0.4, 0.5) is 11.5 Å². The molecule has 1 saturated carbocycles. The highest BCUT2D eigenvalue weighted by atomic mass is 16.5. The van der Waals surface area contributed by atoms with Crippen LogP contribution in [0.1, 0.15) is 43.0 Å². The van der Waals surface area contributed by atoms with Gasteiger partial charge in [0.1, 0.15) is 0 Å². The van der Waals surface area contributed by atoms with Crippen molar-refractivity contribution in [3.8, 4) is 0 Å². The number of hydrogen-bond donors (Lipinski definition) is 2. The van der Waals surface area contributed by atoms with Crippen LogP contribution in [0.5, 0.6) is 0 Å². The molecule has 0 aromatic carbocycles. The van der Waals surface area contributed by atoms with Crippen LogP contribution in [-0.4, -0.2) is 41.9 Å². The van der Waals surface area contributed by atoms with Crippen molar-refractivity contribution in [3.05, 3.63) is 17.8 Å². The predicted octanol–water partition coefficient (Wildman–Crippen LogP) is 1.58. The molecule has 0 radical (unpaired) electrons. The molecule has 0 aliphatic heterocycles. The number of carbonyl (C=O) groups is 1. The van der Waals surface area contributed by atoms with Crippen LogP contribution in [0.15, 0.2) is 12.3 Å². The van der Waals surface area contributed by atoms with Crippen molar-refractivity contribution in [3.63, 3.8) is 0 Å². The molecule has 0 saturated heterocycles. The lowest BCUT2D eigenvalue weighted by Gasteiger charge is -2.36. The molecule has 2 atom stereocenters. The van der Waals surface area contributed by atoms with E-state index in [0.717, 1.165) is 25.7 Å². The number of ether oxygens (including phenoxy) is 1. The summed E-state index contributed by atoms with van der Waals surface area (Å²) in [6.45, 7) is 2.05. The van der Waals surface area contributed by atoms with E-state index in [2.05, 4.69) is 4.98 Å². The van der Waals surface area contributed by atoms with Crippen molar-refractivity contribution >= 4 is 17.5 Å². The summed E-state index contributed by atoms with van der Waals surface area (Å²) in [7, 11) is 1.85. The molecule has 2 rings (SSSR count). The molecule has 1 aromatic rings. The Balaban J connectivity index is 2.26. The molecule has 2 unspecified atom stereocenters. The second-order valence-electron chi connectivity index (χ2n) is 5.35. The number of esters is 1. The minimum atomic E-state index is -0.448. The summed E-state index contributed by atoms with van der Waals surface area (Å²) < 4.78 is 5.00. The molecule has 1 aliphatic carbocycles. The van der Waals surface area contributed by atoms with E-state index in [1.165, 1.54) is 0 Å². The Morgan fingerprint density at radius 3 is 2.90 bits per heavy atom. The number of aliphatic hydroxyl groups is 1. The van der Waals surface area contributed by atoms with Gasteiger partial charge >= 0.3 is 5.97 Å². The molecule has 6 heteroatoms. The fourth-order valence-corrected chi connectivity index (χ4v) is 2.83. The number of carbonyl (C=O) groups excluding carboxylic acids is 1. The van der Waals surface area contributed by atoms with E-state index in [1.54, 1.807) is 19.2 Å². The summed E-state index contributed by atoms with van der Waals surface area (Å²) in [4.78, 5) is 18.0. The number of likely N-dealkylation sites (N-methyl/N-ethyl adjacent to an activating group) is 1. The number of aliphatic hydroxyl groups excluding tert-OH is 1. The number of anilines is 2.